The van der Waals surface area contributed by atoms with E-state index in [1.54, 1.807) is 13.8 Å². The Morgan fingerprint density at radius 3 is 1.17 bits per heavy atom. The van der Waals surface area contributed by atoms with Crippen LogP contribution in [0.3, 0.4) is 0 Å². The molecule has 0 spiro atoms. The number of aliphatic carboxylic acids is 4. The van der Waals surface area contributed by atoms with Gasteiger partial charge < -0.3 is 80.0 Å². The first-order valence-corrected chi connectivity index (χ1v) is 20.5. The molecule has 366 valence electrons. The Hall–Kier alpha value is -6.62. The fourth-order valence-corrected chi connectivity index (χ4v) is 5.62. The van der Waals surface area contributed by atoms with Gasteiger partial charge in [0.15, 0.2) is 0 Å². The van der Waals surface area contributed by atoms with Crippen molar-refractivity contribution in [3.63, 3.8) is 0 Å². The highest BCUT2D eigenvalue weighted by Gasteiger charge is 2.35. The molecule has 9 atom stereocenters. The van der Waals surface area contributed by atoms with Crippen molar-refractivity contribution in [1.29, 1.82) is 0 Å². The third kappa shape index (κ3) is 23.0. The van der Waals surface area contributed by atoms with E-state index in [1.165, 1.54) is 0 Å². The van der Waals surface area contributed by atoms with Gasteiger partial charge in [0.1, 0.15) is 42.3 Å². The second kappa shape index (κ2) is 29.7. The van der Waals surface area contributed by atoms with Gasteiger partial charge in [-0.2, -0.15) is 12.6 Å². The summed E-state index contributed by atoms with van der Waals surface area (Å²) < 4.78 is 0. The highest BCUT2D eigenvalue weighted by atomic mass is 32.1. The van der Waals surface area contributed by atoms with Crippen LogP contribution in [0.2, 0.25) is 0 Å². The van der Waals surface area contributed by atoms with Gasteiger partial charge in [-0.05, 0) is 31.6 Å². The second-order valence-corrected chi connectivity index (χ2v) is 14.9. The number of aliphatic hydroxyl groups excluding tert-OH is 1. The number of rotatable bonds is 33. The molecule has 0 heterocycles. The van der Waals surface area contributed by atoms with Gasteiger partial charge in [0, 0.05) is 31.4 Å². The summed E-state index contributed by atoms with van der Waals surface area (Å²) in [5, 5.41) is 61.9. The van der Waals surface area contributed by atoms with Crippen LogP contribution in [0, 0.1) is 5.92 Å². The van der Waals surface area contributed by atoms with E-state index in [0.717, 1.165) is 0 Å². The van der Waals surface area contributed by atoms with Crippen molar-refractivity contribution < 1.29 is 87.9 Å². The molecule has 0 aromatic heterocycles. The summed E-state index contributed by atoms with van der Waals surface area (Å²) >= 11 is 3.98. The van der Waals surface area contributed by atoms with E-state index in [1.807, 2.05) is 10.6 Å². The van der Waals surface area contributed by atoms with E-state index >= 15 is 0 Å². The average molecular weight is 951 g/mol. The lowest BCUT2D eigenvalue weighted by atomic mass is 9.98. The predicted octanol–water partition coefficient (Wildman–Crippen LogP) is -6.50. The van der Waals surface area contributed by atoms with E-state index in [0.29, 0.717) is 6.42 Å². The lowest BCUT2D eigenvalue weighted by Crippen LogP contribution is -2.61. The third-order valence-electron chi connectivity index (χ3n) is 9.37. The smallest absolute Gasteiger partial charge is 0.326 e. The third-order valence-corrected chi connectivity index (χ3v) is 9.73. The lowest BCUT2D eigenvalue weighted by molar-refractivity contribution is -0.144. The van der Waals surface area contributed by atoms with Crippen molar-refractivity contribution in [3.05, 3.63) is 0 Å². The molecule has 65 heavy (non-hydrogen) atoms. The first kappa shape index (κ1) is 58.4. The maximum absolute atomic E-state index is 13.4. The molecule has 0 radical (unpaired) electrons. The molecule has 0 saturated heterocycles. The number of carboxylic acids is 4. The summed E-state index contributed by atoms with van der Waals surface area (Å²) in [6.07, 6.45) is -5.26. The van der Waals surface area contributed by atoms with Crippen LogP contribution < -0.4 is 54.4 Å². The molecule has 0 aromatic rings. The monoisotopic (exact) mass is 950 g/mol. The Bertz CT molecular complexity index is 1770. The number of amides is 9. The minimum atomic E-state index is -2.04. The summed E-state index contributed by atoms with van der Waals surface area (Å²) in [7, 11) is 0. The van der Waals surface area contributed by atoms with Gasteiger partial charge in [0.05, 0.1) is 19.1 Å². The molecule has 0 aliphatic heterocycles. The summed E-state index contributed by atoms with van der Waals surface area (Å²) in [6, 6.07) is -13.7. The Balaban J connectivity index is 6.27. The Labute approximate surface area is 376 Å². The number of carbonyl (C=O) groups is 13. The molecule has 0 aliphatic carbocycles. The summed E-state index contributed by atoms with van der Waals surface area (Å²) in [4.78, 5) is 161. The number of primary amides is 2. The van der Waals surface area contributed by atoms with Gasteiger partial charge in [0.2, 0.25) is 53.2 Å². The van der Waals surface area contributed by atoms with E-state index in [2.05, 4.69) is 39.2 Å². The van der Waals surface area contributed by atoms with Gasteiger partial charge in [-0.1, -0.05) is 20.3 Å². The van der Waals surface area contributed by atoms with Crippen LogP contribution in [-0.4, -0.2) is 163 Å². The maximum atomic E-state index is 13.4. The van der Waals surface area contributed by atoms with Crippen molar-refractivity contribution in [3.8, 4) is 0 Å². The van der Waals surface area contributed by atoms with E-state index in [9.17, 15) is 82.8 Å². The SMILES string of the molecule is CC[C@H](C)[C@H](N)C(=O)N[C@@H](CCC(=O)O)C(=O)N[C@@H](CCC(N)=O)C(=O)N[C@@H](CO)C(=O)N[C@@H](CS)C(=O)N[C@@H](CC(=O)O)C(=O)N[C@@H](CCC(N)=O)C(=O)N[C@@H](CCC(=O)O)C(=O)O. The molecule has 0 rings (SSSR count). The number of nitrogens with two attached hydrogens (primary N) is 3. The molecular formula is C36H58N10O18S. The molecular weight excluding hydrogens is 893 g/mol. The Morgan fingerprint density at radius 1 is 0.477 bits per heavy atom. The van der Waals surface area contributed by atoms with Crippen LogP contribution in [0.1, 0.15) is 78.1 Å². The molecule has 9 amide bonds. The van der Waals surface area contributed by atoms with Crippen molar-refractivity contribution >= 4 is 89.7 Å². The molecule has 0 unspecified atom stereocenters. The quantitative estimate of drug-likeness (QED) is 0.0272. The van der Waals surface area contributed by atoms with Crippen LogP contribution >= 0.6 is 12.6 Å². The average Bonchev–Trinajstić information content (AvgIpc) is 3.22. The minimum absolute atomic E-state index is 0.354. The van der Waals surface area contributed by atoms with Gasteiger partial charge >= 0.3 is 23.9 Å². The van der Waals surface area contributed by atoms with Crippen LogP contribution in [0.5, 0.6) is 0 Å². The fourth-order valence-electron chi connectivity index (χ4n) is 5.36. The first-order chi connectivity index (χ1) is 30.3. The van der Waals surface area contributed by atoms with Gasteiger partial charge in [-0.25, -0.2) is 4.79 Å². The molecule has 0 aromatic carbocycles. The second-order valence-electron chi connectivity index (χ2n) is 14.5. The van der Waals surface area contributed by atoms with Crippen molar-refractivity contribution in [2.24, 2.45) is 23.1 Å². The number of hydrogen-bond acceptors (Lipinski definition) is 16. The van der Waals surface area contributed by atoms with E-state index in [-0.39, 0.29) is 5.92 Å². The zero-order valence-corrected chi connectivity index (χ0v) is 36.3. The van der Waals surface area contributed by atoms with Crippen LogP contribution in [0.4, 0.5) is 0 Å². The fraction of sp³-hybridized carbons (Fsp3) is 0.639. The van der Waals surface area contributed by atoms with E-state index in [4.69, 9.17) is 22.3 Å². The Morgan fingerprint density at radius 2 is 0.800 bits per heavy atom. The van der Waals surface area contributed by atoms with Gasteiger partial charge in [-0.15, -0.1) is 0 Å². The zero-order valence-electron chi connectivity index (χ0n) is 35.4. The number of aliphatic hydroxyl groups is 1. The summed E-state index contributed by atoms with van der Waals surface area (Å²) in [6.45, 7) is 2.24. The van der Waals surface area contributed by atoms with Crippen molar-refractivity contribution in [2.75, 3.05) is 12.4 Å². The Kier molecular flexibility index (Phi) is 26.7. The molecule has 29 heteroatoms. The molecule has 0 fully saturated rings. The molecule has 0 saturated carbocycles. The molecule has 18 N–H and O–H groups in total. The first-order valence-electron chi connectivity index (χ1n) is 19.8. The zero-order chi connectivity index (χ0) is 50.1. The highest BCUT2D eigenvalue weighted by Crippen LogP contribution is 2.09. The molecule has 0 aliphatic rings. The maximum Gasteiger partial charge on any atom is 0.326 e. The topological polar surface area (TPSA) is 485 Å². The van der Waals surface area contributed by atoms with Gasteiger partial charge in [0.25, 0.3) is 0 Å². The summed E-state index contributed by atoms with van der Waals surface area (Å²) in [5.74, 6) is -17.3. The normalized spacial score (nSPS) is 15.0. The number of carbonyl (C=O) groups excluding carboxylic acids is 9. The van der Waals surface area contributed by atoms with E-state index < -0.39 is 196 Å². The number of hydrogen-bond donors (Lipinski definition) is 16. The number of nitrogens with one attached hydrogen (secondary N) is 7. The summed E-state index contributed by atoms with van der Waals surface area (Å²) in [5.41, 5.74) is 16.3. The van der Waals surface area contributed by atoms with Crippen LogP contribution in [0.25, 0.3) is 0 Å². The standard InChI is InChI=1S/C36H58N10O18S/c1-3-15(2)28(39)35(62)42-18(6-10-25(50)51)29(56)40-17(5-9-24(38)49)31(58)45-21(13-47)33(60)46-22(14-65)34(61)44-20(12-27(54)55)32(59)41-16(4-8-23(37)48)30(57)43-19(36(63)64)7-11-26(52)53/h15-22,28,47,65H,3-14,39H2,1-2H3,(H2,37,48)(H2,38,49)(H,40,56)(H,41,59)(H,42,62)(H,43,57)(H,44,61)(H,45,58)(H,46,60)(H,50,51)(H,52,53)(H,54,55)(H,63,64)/t15-,16-,17-,18-,19-,20-,21-,22-,28-/m0/s1. The molecule has 0 bridgehead atoms. The van der Waals surface area contributed by atoms with Crippen LogP contribution in [0.15, 0.2) is 0 Å². The minimum Gasteiger partial charge on any atom is -0.481 e. The lowest BCUT2D eigenvalue weighted by Gasteiger charge is -2.27. The van der Waals surface area contributed by atoms with Gasteiger partial charge in [-0.3, -0.25) is 57.5 Å². The van der Waals surface area contributed by atoms with Crippen molar-refractivity contribution in [1.82, 2.24) is 37.2 Å². The highest BCUT2D eigenvalue weighted by molar-refractivity contribution is 7.80. The van der Waals surface area contributed by atoms with Crippen molar-refractivity contribution in [2.45, 2.75) is 126 Å². The van der Waals surface area contributed by atoms with Crippen LogP contribution in [-0.2, 0) is 62.3 Å². The number of carboxylic acid groups (broad SMARTS) is 4. The number of thiol groups is 1. The largest absolute Gasteiger partial charge is 0.481 e. The molecule has 28 nitrogen and oxygen atoms in total. The predicted molar refractivity (Wildman–Crippen MR) is 222 cm³/mol.